The van der Waals surface area contributed by atoms with Crippen molar-refractivity contribution >= 4 is 39.1 Å². The predicted octanol–water partition coefficient (Wildman–Crippen LogP) is 6.23. The molecule has 1 atom stereocenters. The van der Waals surface area contributed by atoms with Gasteiger partial charge in [0.25, 0.3) is 10.0 Å². The second-order valence-corrected chi connectivity index (χ2v) is 13.2. The van der Waals surface area contributed by atoms with E-state index >= 15 is 0 Å². The third-order valence-electron chi connectivity index (χ3n) is 7.06. The number of nitrogens with one attached hydrogen (secondary N) is 1. The first-order chi connectivity index (χ1) is 21.5. The molecule has 0 aliphatic rings. The number of sulfonamides is 1. The number of hydrogen-bond donors (Lipinski definition) is 1. The van der Waals surface area contributed by atoms with Crippen molar-refractivity contribution in [2.24, 2.45) is 5.92 Å². The number of benzene rings is 4. The first kappa shape index (κ1) is 33.6. The van der Waals surface area contributed by atoms with Crippen molar-refractivity contribution in [2.75, 3.05) is 17.4 Å². The van der Waals surface area contributed by atoms with Crippen LogP contribution >= 0.6 is 11.6 Å². The lowest BCUT2D eigenvalue weighted by molar-refractivity contribution is -0.140. The molecule has 0 aliphatic heterocycles. The van der Waals surface area contributed by atoms with Crippen LogP contribution < -0.4 is 9.62 Å². The molecule has 4 rings (SSSR count). The minimum atomic E-state index is -4.39. The zero-order chi connectivity index (χ0) is 32.6. The van der Waals surface area contributed by atoms with Gasteiger partial charge in [0.15, 0.2) is 0 Å². The maximum absolute atomic E-state index is 15.0. The quantitative estimate of drug-likeness (QED) is 0.186. The zero-order valence-corrected chi connectivity index (χ0v) is 26.4. The molecule has 0 spiro atoms. The van der Waals surface area contributed by atoms with E-state index in [0.29, 0.717) is 6.54 Å². The summed E-state index contributed by atoms with van der Waals surface area (Å²) < 4.78 is 57.8. The molecule has 1 N–H and O–H groups in total. The van der Waals surface area contributed by atoms with E-state index in [-0.39, 0.29) is 40.1 Å². The van der Waals surface area contributed by atoms with Crippen LogP contribution in [0.5, 0.6) is 0 Å². The molecular formula is C34H34ClF2N3O4S. The fraction of sp³-hybridized carbons (Fsp3) is 0.235. The molecule has 236 valence electrons. The van der Waals surface area contributed by atoms with Crippen molar-refractivity contribution in [3.8, 4) is 0 Å². The van der Waals surface area contributed by atoms with Gasteiger partial charge in [-0.1, -0.05) is 92.2 Å². The van der Waals surface area contributed by atoms with Crippen molar-refractivity contribution in [3.63, 3.8) is 0 Å². The van der Waals surface area contributed by atoms with Gasteiger partial charge < -0.3 is 10.2 Å². The summed E-state index contributed by atoms with van der Waals surface area (Å²) in [5, 5.41) is 2.53. The smallest absolute Gasteiger partial charge is 0.264 e. The molecule has 7 nitrogen and oxygen atoms in total. The fourth-order valence-corrected chi connectivity index (χ4v) is 6.28. The molecule has 0 heterocycles. The molecule has 0 fully saturated rings. The number of amides is 2. The van der Waals surface area contributed by atoms with Gasteiger partial charge in [-0.05, 0) is 47.9 Å². The fourth-order valence-electron chi connectivity index (χ4n) is 4.68. The van der Waals surface area contributed by atoms with Crippen molar-refractivity contribution in [1.29, 1.82) is 0 Å². The Morgan fingerprint density at radius 3 is 2.09 bits per heavy atom. The highest BCUT2D eigenvalue weighted by Crippen LogP contribution is 2.28. The van der Waals surface area contributed by atoms with Crippen LogP contribution in [-0.4, -0.2) is 44.3 Å². The second kappa shape index (κ2) is 15.1. The van der Waals surface area contributed by atoms with Gasteiger partial charge in [0.2, 0.25) is 11.8 Å². The number of nitrogens with zero attached hydrogens (tertiary/aromatic N) is 2. The first-order valence-electron chi connectivity index (χ1n) is 14.3. The number of carbonyl (C=O) groups excluding carboxylic acids is 2. The Morgan fingerprint density at radius 2 is 1.47 bits per heavy atom. The average molecular weight is 654 g/mol. The summed E-state index contributed by atoms with van der Waals surface area (Å²) in [6.07, 6.45) is 0.0821. The molecule has 0 bridgehead atoms. The average Bonchev–Trinajstić information content (AvgIpc) is 3.03. The van der Waals surface area contributed by atoms with E-state index in [2.05, 4.69) is 5.32 Å². The van der Waals surface area contributed by atoms with Crippen LogP contribution in [0.25, 0.3) is 0 Å². The number of anilines is 1. The van der Waals surface area contributed by atoms with Gasteiger partial charge in [-0.2, -0.15) is 0 Å². The van der Waals surface area contributed by atoms with E-state index in [0.717, 1.165) is 22.0 Å². The minimum absolute atomic E-state index is 0.0617. The van der Waals surface area contributed by atoms with Crippen molar-refractivity contribution in [2.45, 2.75) is 37.8 Å². The molecule has 4 aromatic carbocycles. The molecule has 0 saturated heterocycles. The predicted molar refractivity (Wildman–Crippen MR) is 171 cm³/mol. The lowest BCUT2D eigenvalue weighted by Crippen LogP contribution is -2.53. The van der Waals surface area contributed by atoms with Gasteiger partial charge >= 0.3 is 0 Å². The highest BCUT2D eigenvalue weighted by Gasteiger charge is 2.35. The van der Waals surface area contributed by atoms with Gasteiger partial charge in [0.1, 0.15) is 24.2 Å². The number of hydrogen-bond acceptors (Lipinski definition) is 4. The molecule has 0 radical (unpaired) electrons. The summed E-state index contributed by atoms with van der Waals surface area (Å²) in [6.45, 7) is 3.08. The highest BCUT2D eigenvalue weighted by molar-refractivity contribution is 7.92. The Bertz CT molecular complexity index is 1720. The summed E-state index contributed by atoms with van der Waals surface area (Å²) in [6, 6.07) is 24.5. The van der Waals surface area contributed by atoms with E-state index in [1.807, 2.05) is 19.9 Å². The molecule has 2 amide bonds. The van der Waals surface area contributed by atoms with E-state index in [1.165, 1.54) is 53.4 Å². The Hall–Kier alpha value is -4.28. The third kappa shape index (κ3) is 8.67. The Kier molecular flexibility index (Phi) is 11.3. The number of carbonyl (C=O) groups is 2. The highest BCUT2D eigenvalue weighted by atomic mass is 35.5. The SMILES string of the molecule is CC(C)CNC(=O)[C@@H](Cc1ccccc1)N(Cc1ccccc1F)C(=O)CN(c1ccc(F)c(Cl)c1)S(=O)(=O)c1ccccc1. The molecule has 0 unspecified atom stereocenters. The third-order valence-corrected chi connectivity index (χ3v) is 9.13. The van der Waals surface area contributed by atoms with Crippen molar-refractivity contribution in [1.82, 2.24) is 10.2 Å². The van der Waals surface area contributed by atoms with Crippen molar-refractivity contribution < 1.29 is 26.8 Å². The molecule has 0 saturated carbocycles. The minimum Gasteiger partial charge on any atom is -0.354 e. The summed E-state index contributed by atoms with van der Waals surface area (Å²) in [4.78, 5) is 29.2. The normalized spacial score (nSPS) is 12.0. The monoisotopic (exact) mass is 653 g/mol. The number of rotatable bonds is 13. The Balaban J connectivity index is 1.82. The molecule has 11 heteroatoms. The second-order valence-electron chi connectivity index (χ2n) is 10.9. The zero-order valence-electron chi connectivity index (χ0n) is 24.9. The summed E-state index contributed by atoms with van der Waals surface area (Å²) in [7, 11) is -4.39. The summed E-state index contributed by atoms with van der Waals surface area (Å²) in [5.41, 5.74) is 0.823. The molecule has 4 aromatic rings. The van der Waals surface area contributed by atoms with E-state index in [4.69, 9.17) is 11.6 Å². The van der Waals surface area contributed by atoms with Crippen LogP contribution in [0.15, 0.2) is 108 Å². The van der Waals surface area contributed by atoms with Crippen molar-refractivity contribution in [3.05, 3.63) is 131 Å². The van der Waals surface area contributed by atoms with Crippen LogP contribution in [0.3, 0.4) is 0 Å². The molecule has 0 aromatic heterocycles. The van der Waals surface area contributed by atoms with E-state index < -0.39 is 46.1 Å². The van der Waals surface area contributed by atoms with Crippen LogP contribution in [-0.2, 0) is 32.6 Å². The molecule has 45 heavy (non-hydrogen) atoms. The van der Waals surface area contributed by atoms with Gasteiger partial charge in [0, 0.05) is 25.1 Å². The van der Waals surface area contributed by atoms with Gasteiger partial charge in [-0.25, -0.2) is 17.2 Å². The largest absolute Gasteiger partial charge is 0.354 e. The lowest BCUT2D eigenvalue weighted by Gasteiger charge is -2.34. The maximum atomic E-state index is 15.0. The Labute approximate surface area is 267 Å². The van der Waals surface area contributed by atoms with Gasteiger partial charge in [-0.15, -0.1) is 0 Å². The molecular weight excluding hydrogens is 620 g/mol. The van der Waals surface area contributed by atoms with E-state index in [1.54, 1.807) is 36.4 Å². The van der Waals surface area contributed by atoms with Gasteiger partial charge in [-0.3, -0.25) is 13.9 Å². The number of halogens is 3. The van der Waals surface area contributed by atoms with Crippen LogP contribution in [0.1, 0.15) is 25.0 Å². The van der Waals surface area contributed by atoms with Crippen LogP contribution in [0.4, 0.5) is 14.5 Å². The lowest BCUT2D eigenvalue weighted by atomic mass is 10.0. The topological polar surface area (TPSA) is 86.8 Å². The summed E-state index contributed by atoms with van der Waals surface area (Å²) in [5.74, 6) is -2.50. The van der Waals surface area contributed by atoms with Crippen LogP contribution in [0, 0.1) is 17.6 Å². The standard InChI is InChI=1S/C34H34ClF2N3O4S/c1-24(2)21-38-34(42)32(19-25-11-5-3-6-12-25)39(22-26-13-9-10-16-30(26)36)33(41)23-40(27-17-18-31(37)29(35)20-27)45(43,44)28-14-7-4-8-15-28/h3-18,20,24,32H,19,21-23H2,1-2H3,(H,38,42)/t32-/m1/s1. The first-order valence-corrected chi connectivity index (χ1v) is 16.2. The Morgan fingerprint density at radius 1 is 0.844 bits per heavy atom. The summed E-state index contributed by atoms with van der Waals surface area (Å²) >= 11 is 6.03. The van der Waals surface area contributed by atoms with Crippen LogP contribution in [0.2, 0.25) is 5.02 Å². The van der Waals surface area contributed by atoms with Gasteiger partial charge in [0.05, 0.1) is 15.6 Å². The molecule has 0 aliphatic carbocycles. The van der Waals surface area contributed by atoms with E-state index in [9.17, 15) is 26.8 Å². The maximum Gasteiger partial charge on any atom is 0.264 e.